The van der Waals surface area contributed by atoms with Gasteiger partial charge in [0.15, 0.2) is 0 Å². The first-order valence-corrected chi connectivity index (χ1v) is 7.15. The summed E-state index contributed by atoms with van der Waals surface area (Å²) in [5, 5.41) is 21.2. The Kier molecular flexibility index (Phi) is 4.03. The number of carboxylic acids is 1. The van der Waals surface area contributed by atoms with Crippen LogP contribution in [0.4, 0.5) is 5.69 Å². The Morgan fingerprint density at radius 3 is 2.12 bits per heavy atom. The van der Waals surface area contributed by atoms with Gasteiger partial charge in [-0.3, -0.25) is 4.79 Å². The number of anilines is 1. The standard InChI is InChI=1S/C18H14N2O4/c21-16-11-13(18(23)24)5-8-15(16)19-17(22)12-3-6-14(7-4-12)20-9-1-2-10-20/h1-11,21H,(H,19,22)(H,23,24). The van der Waals surface area contributed by atoms with Crippen LogP contribution in [0.1, 0.15) is 20.7 Å². The van der Waals surface area contributed by atoms with E-state index in [0.29, 0.717) is 5.56 Å². The number of aromatic nitrogens is 1. The number of nitrogens with one attached hydrogen (secondary N) is 1. The Morgan fingerprint density at radius 1 is 0.917 bits per heavy atom. The zero-order valence-electron chi connectivity index (χ0n) is 12.5. The lowest BCUT2D eigenvalue weighted by Gasteiger charge is -2.09. The number of carbonyl (C=O) groups excluding carboxylic acids is 1. The minimum Gasteiger partial charge on any atom is -0.506 e. The molecule has 0 bridgehead atoms. The summed E-state index contributed by atoms with van der Waals surface area (Å²) in [5.74, 6) is -1.84. The third-order valence-corrected chi connectivity index (χ3v) is 3.52. The highest BCUT2D eigenvalue weighted by atomic mass is 16.4. The second-order valence-corrected chi connectivity index (χ2v) is 5.13. The molecular weight excluding hydrogens is 308 g/mol. The number of aromatic hydroxyl groups is 1. The molecule has 3 N–H and O–H groups in total. The predicted molar refractivity (Wildman–Crippen MR) is 88.8 cm³/mol. The highest BCUT2D eigenvalue weighted by Gasteiger charge is 2.11. The van der Waals surface area contributed by atoms with Crippen molar-refractivity contribution in [2.45, 2.75) is 0 Å². The van der Waals surface area contributed by atoms with Gasteiger partial charge in [-0.15, -0.1) is 0 Å². The van der Waals surface area contributed by atoms with Crippen LogP contribution in [0.25, 0.3) is 5.69 Å². The molecule has 3 aromatic rings. The van der Waals surface area contributed by atoms with Crippen LogP contribution < -0.4 is 5.32 Å². The molecule has 120 valence electrons. The summed E-state index contributed by atoms with van der Waals surface area (Å²) >= 11 is 0. The maximum atomic E-state index is 12.2. The smallest absolute Gasteiger partial charge is 0.335 e. The number of aromatic carboxylic acids is 1. The normalized spacial score (nSPS) is 10.3. The average molecular weight is 322 g/mol. The molecular formula is C18H14N2O4. The lowest BCUT2D eigenvalue weighted by Crippen LogP contribution is -2.12. The van der Waals surface area contributed by atoms with Crippen LogP contribution in [0.5, 0.6) is 5.75 Å². The molecule has 3 rings (SSSR count). The largest absolute Gasteiger partial charge is 0.506 e. The topological polar surface area (TPSA) is 91.6 Å². The van der Waals surface area contributed by atoms with Crippen LogP contribution >= 0.6 is 0 Å². The van der Waals surface area contributed by atoms with E-state index in [9.17, 15) is 14.7 Å². The molecule has 24 heavy (non-hydrogen) atoms. The molecule has 0 aliphatic carbocycles. The average Bonchev–Trinajstić information content (AvgIpc) is 3.11. The van der Waals surface area contributed by atoms with Crippen LogP contribution in [0.3, 0.4) is 0 Å². The number of amides is 1. The summed E-state index contributed by atoms with van der Waals surface area (Å²) in [4.78, 5) is 23.1. The molecule has 0 aliphatic rings. The summed E-state index contributed by atoms with van der Waals surface area (Å²) in [5.41, 5.74) is 1.44. The van der Waals surface area contributed by atoms with E-state index in [1.807, 2.05) is 41.2 Å². The highest BCUT2D eigenvalue weighted by Crippen LogP contribution is 2.25. The van der Waals surface area contributed by atoms with E-state index >= 15 is 0 Å². The van der Waals surface area contributed by atoms with Gasteiger partial charge in [-0.05, 0) is 54.6 Å². The summed E-state index contributed by atoms with van der Waals surface area (Å²) in [7, 11) is 0. The predicted octanol–water partition coefficient (Wildman–Crippen LogP) is 3.13. The van der Waals surface area contributed by atoms with Crippen molar-refractivity contribution in [2.24, 2.45) is 0 Å². The fourth-order valence-corrected chi connectivity index (χ4v) is 2.26. The second kappa shape index (κ2) is 6.29. The molecule has 0 unspecified atom stereocenters. The number of phenolic OH excluding ortho intramolecular Hbond substituents is 1. The summed E-state index contributed by atoms with van der Waals surface area (Å²) in [6.45, 7) is 0. The van der Waals surface area contributed by atoms with Crippen molar-refractivity contribution < 1.29 is 19.8 Å². The Labute approximate surface area is 137 Å². The van der Waals surface area contributed by atoms with E-state index in [1.165, 1.54) is 12.1 Å². The minimum absolute atomic E-state index is 0.0541. The van der Waals surface area contributed by atoms with Crippen LogP contribution in [0.2, 0.25) is 0 Å². The molecule has 0 saturated heterocycles. The number of nitrogens with zero attached hydrogens (tertiary/aromatic N) is 1. The van der Waals surface area contributed by atoms with Crippen LogP contribution in [0, 0.1) is 0 Å². The van der Waals surface area contributed by atoms with E-state index in [2.05, 4.69) is 5.32 Å². The van der Waals surface area contributed by atoms with Crippen molar-refractivity contribution in [3.05, 3.63) is 78.1 Å². The lowest BCUT2D eigenvalue weighted by molar-refractivity contribution is 0.0696. The number of hydrogen-bond acceptors (Lipinski definition) is 3. The van der Waals surface area contributed by atoms with Gasteiger partial charge in [0.2, 0.25) is 0 Å². The molecule has 2 aromatic carbocycles. The van der Waals surface area contributed by atoms with Crippen LogP contribution in [-0.4, -0.2) is 26.7 Å². The quantitative estimate of drug-likeness (QED) is 0.644. The van der Waals surface area contributed by atoms with Crippen molar-refractivity contribution >= 4 is 17.6 Å². The SMILES string of the molecule is O=C(O)c1ccc(NC(=O)c2ccc(-n3cccc3)cc2)c(O)c1. The molecule has 1 aromatic heterocycles. The van der Waals surface area contributed by atoms with E-state index in [1.54, 1.807) is 12.1 Å². The maximum Gasteiger partial charge on any atom is 0.335 e. The van der Waals surface area contributed by atoms with E-state index < -0.39 is 11.9 Å². The van der Waals surface area contributed by atoms with Crippen LogP contribution in [-0.2, 0) is 0 Å². The zero-order valence-corrected chi connectivity index (χ0v) is 12.5. The van der Waals surface area contributed by atoms with Gasteiger partial charge in [0.1, 0.15) is 5.75 Å². The Bertz CT molecular complexity index is 884. The van der Waals surface area contributed by atoms with Crippen molar-refractivity contribution in [3.8, 4) is 11.4 Å². The number of carbonyl (C=O) groups is 2. The van der Waals surface area contributed by atoms with Crippen molar-refractivity contribution in [1.29, 1.82) is 0 Å². The van der Waals surface area contributed by atoms with Gasteiger partial charge in [0.05, 0.1) is 11.3 Å². The van der Waals surface area contributed by atoms with Gasteiger partial charge in [-0.25, -0.2) is 4.79 Å². The molecule has 0 radical (unpaired) electrons. The van der Waals surface area contributed by atoms with Crippen molar-refractivity contribution in [3.63, 3.8) is 0 Å². The maximum absolute atomic E-state index is 12.2. The first-order valence-electron chi connectivity index (χ1n) is 7.15. The van der Waals surface area contributed by atoms with E-state index in [0.717, 1.165) is 11.8 Å². The molecule has 0 spiro atoms. The third kappa shape index (κ3) is 3.12. The molecule has 0 fully saturated rings. The van der Waals surface area contributed by atoms with E-state index in [4.69, 9.17) is 5.11 Å². The van der Waals surface area contributed by atoms with Crippen molar-refractivity contribution in [1.82, 2.24) is 4.57 Å². The number of benzene rings is 2. The zero-order chi connectivity index (χ0) is 17.1. The number of phenols is 1. The first kappa shape index (κ1) is 15.4. The lowest BCUT2D eigenvalue weighted by atomic mass is 10.1. The third-order valence-electron chi connectivity index (χ3n) is 3.52. The fourth-order valence-electron chi connectivity index (χ4n) is 2.26. The number of hydrogen-bond donors (Lipinski definition) is 3. The van der Waals surface area contributed by atoms with Gasteiger partial charge < -0.3 is 20.1 Å². The molecule has 1 amide bonds. The Morgan fingerprint density at radius 2 is 1.54 bits per heavy atom. The molecule has 1 heterocycles. The number of rotatable bonds is 4. The van der Waals surface area contributed by atoms with Gasteiger partial charge in [0, 0.05) is 23.6 Å². The van der Waals surface area contributed by atoms with Gasteiger partial charge >= 0.3 is 5.97 Å². The van der Waals surface area contributed by atoms with Gasteiger partial charge in [-0.1, -0.05) is 0 Å². The summed E-state index contributed by atoms with van der Waals surface area (Å²) < 4.78 is 1.91. The van der Waals surface area contributed by atoms with Crippen molar-refractivity contribution in [2.75, 3.05) is 5.32 Å². The molecule has 0 saturated carbocycles. The molecule has 0 aliphatic heterocycles. The first-order chi connectivity index (χ1) is 11.5. The fraction of sp³-hybridized carbons (Fsp3) is 0. The van der Waals surface area contributed by atoms with E-state index in [-0.39, 0.29) is 17.0 Å². The Hall–Kier alpha value is -3.54. The molecule has 0 atom stereocenters. The summed E-state index contributed by atoms with van der Waals surface area (Å²) in [6, 6.07) is 14.5. The van der Waals surface area contributed by atoms with Gasteiger partial charge in [0.25, 0.3) is 5.91 Å². The van der Waals surface area contributed by atoms with Gasteiger partial charge in [-0.2, -0.15) is 0 Å². The summed E-state index contributed by atoms with van der Waals surface area (Å²) in [6.07, 6.45) is 3.80. The number of carboxylic acid groups (broad SMARTS) is 1. The minimum atomic E-state index is -1.15. The Balaban J connectivity index is 1.76. The highest BCUT2D eigenvalue weighted by molar-refractivity contribution is 6.05. The van der Waals surface area contributed by atoms with Crippen LogP contribution in [0.15, 0.2) is 67.0 Å². The molecule has 6 nitrogen and oxygen atoms in total. The molecule has 6 heteroatoms. The monoisotopic (exact) mass is 322 g/mol. The second-order valence-electron chi connectivity index (χ2n) is 5.13.